The van der Waals surface area contributed by atoms with Crippen LogP contribution >= 0.6 is 7.82 Å². The van der Waals surface area contributed by atoms with Gasteiger partial charge in [-0.05, 0) is 50.9 Å². The highest BCUT2D eigenvalue weighted by Gasteiger charge is 2.22. The van der Waals surface area contributed by atoms with Gasteiger partial charge in [-0.1, -0.05) is 134 Å². The zero-order valence-corrected chi connectivity index (χ0v) is 30.3. The molecular weight excluding hydrogens is 619 g/mol. The number of rotatable bonds is 31. The molecule has 0 rings (SSSR count). The van der Waals surface area contributed by atoms with Gasteiger partial charge in [0.25, 0.3) is 0 Å². The van der Waals surface area contributed by atoms with Gasteiger partial charge in [0, 0.05) is 12.8 Å². The van der Waals surface area contributed by atoms with Crippen molar-refractivity contribution >= 4 is 19.8 Å². The Labute approximate surface area is 285 Å². The molecule has 0 saturated carbocycles. The van der Waals surface area contributed by atoms with Gasteiger partial charge < -0.3 is 24.4 Å². The monoisotopic (exact) mass is 684 g/mol. The lowest BCUT2D eigenvalue weighted by atomic mass is 10.0. The van der Waals surface area contributed by atoms with E-state index >= 15 is 0 Å². The molecule has 0 aliphatic heterocycles. The maximum atomic E-state index is 12.3. The van der Waals surface area contributed by atoms with Gasteiger partial charge >= 0.3 is 19.8 Å². The maximum absolute atomic E-state index is 12.3. The van der Waals surface area contributed by atoms with Crippen molar-refractivity contribution in [2.75, 3.05) is 13.2 Å². The first-order valence-corrected chi connectivity index (χ1v) is 19.4. The van der Waals surface area contributed by atoms with Crippen LogP contribution < -0.4 is 0 Å². The summed E-state index contributed by atoms with van der Waals surface area (Å²) in [6.07, 6.45) is 31.7. The van der Waals surface area contributed by atoms with Gasteiger partial charge in [0.2, 0.25) is 0 Å². The summed E-state index contributed by atoms with van der Waals surface area (Å²) >= 11 is 0. The van der Waals surface area contributed by atoms with Crippen LogP contribution in [0.25, 0.3) is 0 Å². The molecular formula is C37H65O9P. The molecule has 0 fully saturated rings. The van der Waals surface area contributed by atoms with E-state index in [1.165, 1.54) is 51.4 Å². The lowest BCUT2D eigenvalue weighted by Gasteiger charge is -2.18. The van der Waals surface area contributed by atoms with E-state index in [-0.39, 0.29) is 19.4 Å². The standard InChI is InChI=1S/C37H65O9P/c1-4-5-6-7-17-22-27-34(38)28-23-18-13-9-11-15-20-25-30-37(40)46-35(32-45-47(41,42)43)31-44-36(39)29-24-19-14-10-8-12-16-21-26-33(2)3/h11,13,15,17-18,22-23,28,33-35,38H,4-10,12,14,16,19-21,24-27,29-32H2,1-3H3,(H2,41,42,43)/b15-11-,18-13-,22-17-,28-23+/t34-,35+/m0/s1. The van der Waals surface area contributed by atoms with E-state index in [2.05, 4.69) is 31.4 Å². The third-order valence-corrected chi connectivity index (χ3v) is 7.84. The summed E-state index contributed by atoms with van der Waals surface area (Å²) in [7, 11) is -4.78. The fourth-order valence-corrected chi connectivity index (χ4v) is 4.99. The molecule has 0 aromatic carbocycles. The van der Waals surface area contributed by atoms with Crippen molar-refractivity contribution in [3.05, 3.63) is 48.6 Å². The van der Waals surface area contributed by atoms with Gasteiger partial charge in [-0.3, -0.25) is 14.1 Å². The molecule has 47 heavy (non-hydrogen) atoms. The van der Waals surface area contributed by atoms with E-state index in [1.54, 1.807) is 6.08 Å². The van der Waals surface area contributed by atoms with E-state index in [0.717, 1.165) is 31.6 Å². The molecule has 0 spiro atoms. The number of allylic oxidation sites excluding steroid dienone is 6. The highest BCUT2D eigenvalue weighted by molar-refractivity contribution is 7.46. The first kappa shape index (κ1) is 45.0. The summed E-state index contributed by atoms with van der Waals surface area (Å²) in [6, 6.07) is 0. The first-order chi connectivity index (χ1) is 22.5. The zero-order valence-electron chi connectivity index (χ0n) is 29.4. The zero-order chi connectivity index (χ0) is 35.0. The highest BCUT2D eigenvalue weighted by atomic mass is 31.2. The summed E-state index contributed by atoms with van der Waals surface area (Å²) in [5, 5.41) is 9.97. The van der Waals surface area contributed by atoms with Crippen LogP contribution in [0.15, 0.2) is 48.6 Å². The Bertz CT molecular complexity index is 936. The Kier molecular flexibility index (Phi) is 29.9. The van der Waals surface area contributed by atoms with Crippen molar-refractivity contribution < 1.29 is 43.0 Å². The Hall–Kier alpha value is -2.03. The molecule has 272 valence electrons. The third-order valence-electron chi connectivity index (χ3n) is 7.36. The van der Waals surface area contributed by atoms with Gasteiger partial charge in [-0.25, -0.2) is 4.57 Å². The molecule has 0 heterocycles. The third kappa shape index (κ3) is 35.1. The number of ether oxygens (including phenoxy) is 2. The van der Waals surface area contributed by atoms with Crippen LogP contribution in [-0.2, 0) is 28.2 Å². The smallest absolute Gasteiger partial charge is 0.462 e. The Morgan fingerprint density at radius 3 is 2.04 bits per heavy atom. The van der Waals surface area contributed by atoms with Crippen molar-refractivity contribution in [2.45, 2.75) is 155 Å². The Balaban J connectivity index is 4.20. The number of hydrogen-bond acceptors (Lipinski definition) is 7. The number of carbonyl (C=O) groups excluding carboxylic acids is 2. The van der Waals surface area contributed by atoms with E-state index in [4.69, 9.17) is 19.3 Å². The Morgan fingerprint density at radius 2 is 1.36 bits per heavy atom. The average molecular weight is 685 g/mol. The fraction of sp³-hybridized carbons (Fsp3) is 0.730. The van der Waals surface area contributed by atoms with E-state index in [1.807, 2.05) is 36.5 Å². The molecule has 10 heteroatoms. The minimum atomic E-state index is -4.78. The maximum Gasteiger partial charge on any atom is 0.469 e. The molecule has 2 atom stereocenters. The van der Waals surface area contributed by atoms with Gasteiger partial charge in [-0.15, -0.1) is 0 Å². The van der Waals surface area contributed by atoms with Crippen LogP contribution in [0.4, 0.5) is 0 Å². The molecule has 0 bridgehead atoms. The second-order valence-electron chi connectivity index (χ2n) is 12.5. The Morgan fingerprint density at radius 1 is 0.723 bits per heavy atom. The number of carbonyl (C=O) groups is 2. The second kappa shape index (κ2) is 31.3. The van der Waals surface area contributed by atoms with Crippen molar-refractivity contribution in [2.24, 2.45) is 5.92 Å². The molecule has 0 amide bonds. The normalized spacial score (nSPS) is 13.9. The quantitative estimate of drug-likeness (QED) is 0.0214. The van der Waals surface area contributed by atoms with Crippen LogP contribution in [0.5, 0.6) is 0 Å². The lowest BCUT2D eigenvalue weighted by Crippen LogP contribution is -2.29. The summed E-state index contributed by atoms with van der Waals surface area (Å²) in [4.78, 5) is 42.6. The van der Waals surface area contributed by atoms with Crippen molar-refractivity contribution in [1.29, 1.82) is 0 Å². The van der Waals surface area contributed by atoms with Gasteiger partial charge in [-0.2, -0.15) is 0 Å². The average Bonchev–Trinajstić information content (AvgIpc) is 3.01. The minimum Gasteiger partial charge on any atom is -0.462 e. The lowest BCUT2D eigenvalue weighted by molar-refractivity contribution is -0.161. The number of aliphatic hydroxyl groups excluding tert-OH is 1. The second-order valence-corrected chi connectivity index (χ2v) is 13.8. The highest BCUT2D eigenvalue weighted by Crippen LogP contribution is 2.35. The van der Waals surface area contributed by atoms with Gasteiger partial charge in [0.05, 0.1) is 12.7 Å². The van der Waals surface area contributed by atoms with Gasteiger partial charge in [0.15, 0.2) is 6.10 Å². The number of phosphoric ester groups is 1. The summed E-state index contributed by atoms with van der Waals surface area (Å²) in [6.45, 7) is 5.78. The van der Waals surface area contributed by atoms with Crippen LogP contribution in [0.1, 0.15) is 143 Å². The van der Waals surface area contributed by atoms with Crippen LogP contribution in [0.2, 0.25) is 0 Å². The largest absolute Gasteiger partial charge is 0.469 e. The molecule has 9 nitrogen and oxygen atoms in total. The summed E-state index contributed by atoms with van der Waals surface area (Å²) in [5.41, 5.74) is 0. The molecule has 0 radical (unpaired) electrons. The van der Waals surface area contributed by atoms with Crippen molar-refractivity contribution in [1.82, 2.24) is 0 Å². The van der Waals surface area contributed by atoms with Crippen molar-refractivity contribution in [3.8, 4) is 0 Å². The number of phosphoric acid groups is 1. The number of aliphatic hydroxyl groups is 1. The van der Waals surface area contributed by atoms with E-state index in [0.29, 0.717) is 32.1 Å². The molecule has 0 saturated heterocycles. The molecule has 0 aliphatic rings. The fourth-order valence-electron chi connectivity index (χ4n) is 4.63. The van der Waals surface area contributed by atoms with Gasteiger partial charge in [0.1, 0.15) is 6.61 Å². The first-order valence-electron chi connectivity index (χ1n) is 17.9. The van der Waals surface area contributed by atoms with E-state index < -0.39 is 38.6 Å². The SMILES string of the molecule is CCCCC/C=C\C[C@H](O)/C=C/C=C\C/C=C\CCCC(=O)O[C@H](COC(=O)CCCCCCCCCCC(C)C)COP(=O)(O)O. The van der Waals surface area contributed by atoms with Crippen LogP contribution in [-0.4, -0.2) is 52.3 Å². The van der Waals surface area contributed by atoms with E-state index in [9.17, 15) is 19.3 Å². The molecule has 3 N–H and O–H groups in total. The topological polar surface area (TPSA) is 140 Å². The number of unbranched alkanes of at least 4 members (excludes halogenated alkanes) is 11. The predicted molar refractivity (Wildman–Crippen MR) is 190 cm³/mol. The van der Waals surface area contributed by atoms with Crippen LogP contribution in [0, 0.1) is 5.92 Å². The molecule has 0 unspecified atom stereocenters. The van der Waals surface area contributed by atoms with Crippen LogP contribution in [0.3, 0.4) is 0 Å². The molecule has 0 aromatic heterocycles. The summed E-state index contributed by atoms with van der Waals surface area (Å²) < 4.78 is 26.2. The summed E-state index contributed by atoms with van der Waals surface area (Å²) in [5.74, 6) is -0.231. The molecule has 0 aromatic rings. The minimum absolute atomic E-state index is 0.103. The number of hydrogen-bond donors (Lipinski definition) is 3. The predicted octanol–water partition coefficient (Wildman–Crippen LogP) is 9.22. The molecule has 0 aliphatic carbocycles. The number of esters is 2. The van der Waals surface area contributed by atoms with Crippen molar-refractivity contribution in [3.63, 3.8) is 0 Å².